The number of imide groups is 1. The molecule has 0 saturated carbocycles. The normalized spacial score (nSPS) is 15.1. The van der Waals surface area contributed by atoms with Crippen LogP contribution < -0.4 is 5.32 Å². The van der Waals surface area contributed by atoms with Crippen molar-refractivity contribution < 1.29 is 19.1 Å². The van der Waals surface area contributed by atoms with E-state index in [0.717, 1.165) is 68.5 Å². The lowest BCUT2D eigenvalue weighted by atomic mass is 9.99. The second kappa shape index (κ2) is 15.7. The monoisotopic (exact) mass is 711 g/mol. The molecule has 12 heteroatoms. The molecule has 0 bridgehead atoms. The second-order valence-electron chi connectivity index (χ2n) is 12.9. The highest BCUT2D eigenvalue weighted by molar-refractivity contribution is 7.15. The summed E-state index contributed by atoms with van der Waals surface area (Å²) in [5.41, 5.74) is 6.38. The van der Waals surface area contributed by atoms with Gasteiger partial charge in [-0.15, -0.1) is 21.5 Å². The summed E-state index contributed by atoms with van der Waals surface area (Å²) in [6, 6.07) is 15.4. The van der Waals surface area contributed by atoms with Gasteiger partial charge in [0.15, 0.2) is 5.82 Å². The largest absolute Gasteiger partial charge is 0.369 e. The van der Waals surface area contributed by atoms with E-state index in [9.17, 15) is 14.4 Å². The van der Waals surface area contributed by atoms with Gasteiger partial charge in [-0.05, 0) is 56.0 Å². The lowest BCUT2D eigenvalue weighted by Gasteiger charge is -2.30. The molecular weight excluding hydrogens is 675 g/mol. The Labute approximate surface area is 306 Å². The number of aldehydes is 1. The molecule has 0 radical (unpaired) electrons. The van der Waals surface area contributed by atoms with Crippen molar-refractivity contribution in [2.75, 3.05) is 7.05 Å². The lowest BCUT2D eigenvalue weighted by molar-refractivity contribution is -0.137. The minimum absolute atomic E-state index is 0.257. The molecule has 2 aliphatic heterocycles. The Morgan fingerprint density at radius 3 is 2.75 bits per heavy atom. The van der Waals surface area contributed by atoms with Gasteiger partial charge in [-0.3, -0.25) is 33.8 Å². The summed E-state index contributed by atoms with van der Waals surface area (Å²) < 4.78 is 10.0. The fourth-order valence-corrected chi connectivity index (χ4v) is 7.80. The van der Waals surface area contributed by atoms with Crippen LogP contribution in [0, 0.1) is 30.6 Å². The molecule has 2 aromatic carbocycles. The van der Waals surface area contributed by atoms with Crippen LogP contribution in [0.25, 0.3) is 5.00 Å². The van der Waals surface area contributed by atoms with Crippen molar-refractivity contribution in [1.82, 2.24) is 34.8 Å². The minimum atomic E-state index is -0.444. The van der Waals surface area contributed by atoms with E-state index < -0.39 is 6.04 Å². The van der Waals surface area contributed by atoms with Crippen molar-refractivity contribution >= 4 is 29.4 Å². The number of thiophene rings is 1. The molecule has 11 nitrogen and oxygen atoms in total. The van der Waals surface area contributed by atoms with Crippen molar-refractivity contribution in [2.45, 2.75) is 71.4 Å². The van der Waals surface area contributed by atoms with Crippen LogP contribution in [0.1, 0.15) is 85.9 Å². The zero-order valence-corrected chi connectivity index (χ0v) is 29.8. The maximum atomic E-state index is 12.4. The molecule has 2 amide bonds. The molecule has 1 unspecified atom stereocenters. The Bertz CT molecular complexity index is 2260. The van der Waals surface area contributed by atoms with Gasteiger partial charge >= 0.3 is 0 Å². The number of ether oxygens (including phenoxy) is 1. The molecule has 1 fully saturated rings. The topological polar surface area (TPSA) is 124 Å². The van der Waals surface area contributed by atoms with Crippen LogP contribution in [-0.4, -0.2) is 60.6 Å². The van der Waals surface area contributed by atoms with Gasteiger partial charge in [0, 0.05) is 48.8 Å². The number of fused-ring (bicyclic) bond motifs is 3. The Kier molecular flexibility index (Phi) is 10.5. The average molecular weight is 712 g/mol. The number of hydrogen-bond donors (Lipinski definition) is 1. The highest BCUT2D eigenvalue weighted by Gasteiger charge is 2.30. The first-order valence-electron chi connectivity index (χ1n) is 17.2. The standard InChI is InChI=1S/C40H37N7O4S/c1-27-43-44-37-26-51-25-34-32(20-28-10-5-3-6-11-28)36(52-40(34)47(27)37)17-15-29-21-41-46(22-29)19-8-4-7-12-30-13-9-14-31(24-48)33(30)23-45(2)35-16-18-38(49)42-39(35)50/h3,5-6,9-11,13-14,21-22,24,35H,4,8,16,18-20,23,25-26H2,1-2H3,(H,42,49,50). The van der Waals surface area contributed by atoms with E-state index in [1.54, 1.807) is 23.6 Å². The van der Waals surface area contributed by atoms with Gasteiger partial charge in [-0.1, -0.05) is 66.1 Å². The number of aryl methyl sites for hydroxylation is 2. The van der Waals surface area contributed by atoms with Gasteiger partial charge in [0.05, 0.1) is 29.3 Å². The van der Waals surface area contributed by atoms with Gasteiger partial charge in [0.25, 0.3) is 0 Å². The molecule has 1 atom stereocenters. The summed E-state index contributed by atoms with van der Waals surface area (Å²) in [6.45, 7) is 3.90. The summed E-state index contributed by atoms with van der Waals surface area (Å²) in [4.78, 5) is 38.8. The number of nitrogens with one attached hydrogen (secondary N) is 1. The van der Waals surface area contributed by atoms with E-state index in [1.807, 2.05) is 47.9 Å². The molecule has 2 aliphatic rings. The summed E-state index contributed by atoms with van der Waals surface area (Å²) >= 11 is 1.65. The quantitative estimate of drug-likeness (QED) is 0.101. The molecule has 52 heavy (non-hydrogen) atoms. The third-order valence-corrected chi connectivity index (χ3v) is 10.4. The third kappa shape index (κ3) is 7.65. The minimum Gasteiger partial charge on any atom is -0.369 e. The van der Waals surface area contributed by atoms with Gasteiger partial charge < -0.3 is 4.74 Å². The number of amides is 2. The first-order chi connectivity index (χ1) is 25.4. The van der Waals surface area contributed by atoms with E-state index in [-0.39, 0.29) is 11.8 Å². The molecule has 5 aromatic rings. The number of carbonyl (C=O) groups excluding carboxylic acids is 3. The Morgan fingerprint density at radius 2 is 1.92 bits per heavy atom. The van der Waals surface area contributed by atoms with Crippen molar-refractivity contribution in [2.24, 2.45) is 0 Å². The number of carbonyl (C=O) groups is 3. The fourth-order valence-electron chi connectivity index (χ4n) is 6.55. The van der Waals surface area contributed by atoms with Crippen LogP contribution >= 0.6 is 11.3 Å². The molecule has 1 N–H and O–H groups in total. The molecule has 5 heterocycles. The van der Waals surface area contributed by atoms with Gasteiger partial charge in [0.2, 0.25) is 11.8 Å². The molecule has 262 valence electrons. The number of piperidine rings is 1. The van der Waals surface area contributed by atoms with Crippen LogP contribution in [0.5, 0.6) is 0 Å². The molecule has 1 saturated heterocycles. The highest BCUT2D eigenvalue weighted by Crippen LogP contribution is 2.37. The van der Waals surface area contributed by atoms with Crippen LogP contribution in [0.3, 0.4) is 0 Å². The number of aromatic nitrogens is 5. The lowest BCUT2D eigenvalue weighted by Crippen LogP contribution is -2.51. The Hall–Kier alpha value is -5.66. The number of nitrogens with zero attached hydrogens (tertiary/aromatic N) is 6. The van der Waals surface area contributed by atoms with Crippen molar-refractivity contribution in [3.05, 3.63) is 116 Å². The Morgan fingerprint density at radius 1 is 1.06 bits per heavy atom. The SMILES string of the molecule is Cc1nnc2n1-c1sc(C#Cc3cnn(CCCC#Cc4cccc(C=O)c4CN(C)C4CCC(=O)NC4=O)c3)c(Cc3ccccc3)c1COC2. The predicted molar refractivity (Wildman–Crippen MR) is 196 cm³/mol. The zero-order valence-electron chi connectivity index (χ0n) is 29.0. The molecular formula is C40H37N7O4S. The van der Waals surface area contributed by atoms with Gasteiger partial charge in [-0.25, -0.2) is 0 Å². The summed E-state index contributed by atoms with van der Waals surface area (Å²) in [5.74, 6) is 14.3. The first-order valence-corrected chi connectivity index (χ1v) is 18.0. The smallest absolute Gasteiger partial charge is 0.243 e. The van der Waals surface area contributed by atoms with Crippen LogP contribution in [0.15, 0.2) is 60.9 Å². The van der Waals surface area contributed by atoms with Crippen LogP contribution in [0.2, 0.25) is 0 Å². The summed E-state index contributed by atoms with van der Waals surface area (Å²) in [7, 11) is 1.82. The maximum absolute atomic E-state index is 12.4. The predicted octanol–water partition coefficient (Wildman–Crippen LogP) is 4.74. The van der Waals surface area contributed by atoms with E-state index in [2.05, 4.69) is 73.1 Å². The zero-order chi connectivity index (χ0) is 36.0. The van der Waals surface area contributed by atoms with Crippen molar-refractivity contribution in [3.63, 3.8) is 0 Å². The van der Waals surface area contributed by atoms with Crippen LogP contribution in [0.4, 0.5) is 0 Å². The summed E-state index contributed by atoms with van der Waals surface area (Å²) in [6.07, 6.45) is 7.45. The highest BCUT2D eigenvalue weighted by atomic mass is 32.1. The average Bonchev–Trinajstić information content (AvgIpc) is 3.81. The maximum Gasteiger partial charge on any atom is 0.243 e. The number of likely N-dealkylation sites (N-methyl/N-ethyl adjacent to an activating group) is 1. The van der Waals surface area contributed by atoms with E-state index in [1.165, 1.54) is 5.56 Å². The van der Waals surface area contributed by atoms with E-state index in [4.69, 9.17) is 4.74 Å². The molecule has 0 aliphatic carbocycles. The number of hydrogen-bond acceptors (Lipinski definition) is 9. The van der Waals surface area contributed by atoms with E-state index >= 15 is 0 Å². The number of unbranched alkanes of at least 4 members (excludes halogenated alkanes) is 1. The van der Waals surface area contributed by atoms with Gasteiger partial charge in [-0.2, -0.15) is 5.10 Å². The van der Waals surface area contributed by atoms with Gasteiger partial charge in [0.1, 0.15) is 23.7 Å². The molecule has 7 rings (SSSR count). The summed E-state index contributed by atoms with van der Waals surface area (Å²) in [5, 5.41) is 16.6. The van der Waals surface area contributed by atoms with Crippen molar-refractivity contribution in [1.29, 1.82) is 0 Å². The Balaban J connectivity index is 1.03. The molecule has 0 spiro atoms. The first kappa shape index (κ1) is 34.8. The second-order valence-corrected chi connectivity index (χ2v) is 13.9. The fraction of sp³-hybridized carbons (Fsp3) is 0.300. The van der Waals surface area contributed by atoms with Crippen LogP contribution in [-0.2, 0) is 47.1 Å². The molecule has 3 aromatic heterocycles. The van der Waals surface area contributed by atoms with Crippen molar-refractivity contribution in [3.8, 4) is 28.7 Å². The number of benzene rings is 2. The van der Waals surface area contributed by atoms with E-state index in [0.29, 0.717) is 51.1 Å². The number of rotatable bonds is 9. The third-order valence-electron chi connectivity index (χ3n) is 9.25.